The van der Waals surface area contributed by atoms with Crippen LogP contribution in [-0.2, 0) is 7.58 Å². The number of hydrogen-bond donors (Lipinski definition) is 0. The summed E-state index contributed by atoms with van der Waals surface area (Å²) in [6.45, 7) is 10.2. The third kappa shape index (κ3) is 10.5. The zero-order valence-electron chi connectivity index (χ0n) is 7.96. The van der Waals surface area contributed by atoms with E-state index in [-0.39, 0.29) is 15.9 Å². The first-order valence-electron chi connectivity index (χ1n) is 4.17. The highest BCUT2D eigenvalue weighted by Gasteiger charge is 1.88. The Balaban J connectivity index is 2.91. The van der Waals surface area contributed by atoms with Crippen molar-refractivity contribution in [3.8, 4) is 0 Å². The summed E-state index contributed by atoms with van der Waals surface area (Å²) in [6, 6.07) is 0. The minimum atomic E-state index is -0.228. The lowest BCUT2D eigenvalue weighted by Crippen LogP contribution is -2.12. The van der Waals surface area contributed by atoms with Gasteiger partial charge >= 0.3 is 0 Å². The van der Waals surface area contributed by atoms with Gasteiger partial charge in [-0.05, 0) is 25.0 Å². The Bertz CT molecular complexity index is 74.2. The first-order valence-corrected chi connectivity index (χ1v) is 5.12. The van der Waals surface area contributed by atoms with E-state index >= 15 is 0 Å². The molecule has 0 heterocycles. The van der Waals surface area contributed by atoms with Gasteiger partial charge in [0.05, 0.1) is 0 Å². The number of rotatable bonds is 6. The Morgan fingerprint density at radius 3 is 1.55 bits per heavy atom. The standard InChI is InChI=1S/2C4H9O.Al/c2*1-4(2)3-5;/h2*4H,3H2,1-2H3;/q2*-1;+1. The third-order valence-electron chi connectivity index (χ3n) is 0.995. The van der Waals surface area contributed by atoms with Gasteiger partial charge < -0.3 is 7.58 Å². The molecule has 0 saturated heterocycles. The van der Waals surface area contributed by atoms with E-state index in [4.69, 9.17) is 7.58 Å². The van der Waals surface area contributed by atoms with E-state index in [0.717, 1.165) is 13.2 Å². The van der Waals surface area contributed by atoms with Crippen LogP contribution in [0.2, 0.25) is 0 Å². The van der Waals surface area contributed by atoms with E-state index in [0.29, 0.717) is 11.8 Å². The lowest BCUT2D eigenvalue weighted by atomic mass is 10.2. The molecule has 0 fully saturated rings. The van der Waals surface area contributed by atoms with Crippen LogP contribution < -0.4 is 0 Å². The second-order valence-corrected chi connectivity index (χ2v) is 4.41. The summed E-state index contributed by atoms with van der Waals surface area (Å²) in [5.41, 5.74) is 0. The molecule has 0 aliphatic rings. The van der Waals surface area contributed by atoms with Crippen molar-refractivity contribution in [1.29, 1.82) is 0 Å². The average Bonchev–Trinajstić information content (AvgIpc) is 1.85. The van der Waals surface area contributed by atoms with E-state index in [1.807, 2.05) is 0 Å². The summed E-state index contributed by atoms with van der Waals surface area (Å²) in [4.78, 5) is 0. The Kier molecular flexibility index (Phi) is 7.41. The molecule has 2 nitrogen and oxygen atoms in total. The molecule has 0 aromatic carbocycles. The molecule has 0 atom stereocenters. The maximum atomic E-state index is 5.31. The van der Waals surface area contributed by atoms with Gasteiger partial charge in [0, 0.05) is 0 Å². The molecule has 0 aromatic heterocycles. The Morgan fingerprint density at radius 1 is 0.909 bits per heavy atom. The molecule has 0 rings (SSSR count). The van der Waals surface area contributed by atoms with Gasteiger partial charge in [0.2, 0.25) is 0 Å². The van der Waals surface area contributed by atoms with Crippen LogP contribution in [0, 0.1) is 11.8 Å². The number of hydrogen-bond acceptors (Lipinski definition) is 2. The van der Waals surface area contributed by atoms with Crippen molar-refractivity contribution in [3.05, 3.63) is 0 Å². The van der Waals surface area contributed by atoms with Gasteiger partial charge in [0.1, 0.15) is 15.9 Å². The van der Waals surface area contributed by atoms with Crippen LogP contribution in [0.5, 0.6) is 0 Å². The maximum absolute atomic E-state index is 5.31. The first-order chi connectivity index (χ1) is 5.13. The van der Waals surface area contributed by atoms with Crippen molar-refractivity contribution < 1.29 is 7.58 Å². The quantitative estimate of drug-likeness (QED) is 0.451. The van der Waals surface area contributed by atoms with Gasteiger partial charge in [-0.15, -0.1) is 0 Å². The minimum absolute atomic E-state index is 0.228. The van der Waals surface area contributed by atoms with Crippen LogP contribution >= 0.6 is 0 Å². The average molecular weight is 173 g/mol. The lowest BCUT2D eigenvalue weighted by molar-refractivity contribution is 0.185. The van der Waals surface area contributed by atoms with Crippen LogP contribution in [0.3, 0.4) is 0 Å². The van der Waals surface area contributed by atoms with Crippen LogP contribution in [0.15, 0.2) is 0 Å². The Hall–Kier alpha value is 0.452. The molecular weight excluding hydrogens is 155 g/mol. The molecule has 2 radical (unpaired) electrons. The summed E-state index contributed by atoms with van der Waals surface area (Å²) < 4.78 is 10.6. The Morgan fingerprint density at radius 2 is 1.27 bits per heavy atom. The predicted octanol–water partition coefficient (Wildman–Crippen LogP) is 1.87. The highest BCUT2D eigenvalue weighted by Crippen LogP contribution is 1.93. The van der Waals surface area contributed by atoms with Gasteiger partial charge in [-0.1, -0.05) is 27.7 Å². The van der Waals surface area contributed by atoms with Crippen LogP contribution in [0.1, 0.15) is 27.7 Å². The molecule has 0 aliphatic heterocycles. The normalized spacial score (nSPS) is 11.5. The van der Waals surface area contributed by atoms with E-state index in [1.54, 1.807) is 0 Å². The van der Waals surface area contributed by atoms with Crippen LogP contribution in [0.25, 0.3) is 0 Å². The predicted molar refractivity (Wildman–Crippen MR) is 47.3 cm³/mol. The summed E-state index contributed by atoms with van der Waals surface area (Å²) in [6.07, 6.45) is 0. The second-order valence-electron chi connectivity index (χ2n) is 3.55. The van der Waals surface area contributed by atoms with Crippen LogP contribution in [-0.4, -0.2) is 29.1 Å². The molecule has 3 heteroatoms. The highest BCUT2D eigenvalue weighted by molar-refractivity contribution is 6.17. The van der Waals surface area contributed by atoms with E-state index in [1.165, 1.54) is 0 Å². The molecule has 0 bridgehead atoms. The largest absolute Gasteiger partial charge is 0.679 e. The van der Waals surface area contributed by atoms with E-state index in [9.17, 15) is 0 Å². The van der Waals surface area contributed by atoms with Crippen molar-refractivity contribution in [2.75, 3.05) is 13.2 Å². The SMILES string of the molecule is CC(C)C[O][Al-][O]CC(C)C. The monoisotopic (exact) mass is 173 g/mol. The van der Waals surface area contributed by atoms with E-state index in [2.05, 4.69) is 27.7 Å². The maximum Gasteiger partial charge on any atom is 0.135 e. The Labute approximate surface area is 76.7 Å². The molecule has 0 aliphatic carbocycles. The van der Waals surface area contributed by atoms with Gasteiger partial charge in [-0.2, -0.15) is 0 Å². The van der Waals surface area contributed by atoms with Crippen molar-refractivity contribution in [3.63, 3.8) is 0 Å². The lowest BCUT2D eigenvalue weighted by Gasteiger charge is -2.23. The fourth-order valence-corrected chi connectivity index (χ4v) is 1.53. The molecule has 0 N–H and O–H groups in total. The van der Waals surface area contributed by atoms with Crippen molar-refractivity contribution >= 4 is 15.9 Å². The smallest absolute Gasteiger partial charge is 0.135 e. The fourth-order valence-electron chi connectivity index (χ4n) is 0.512. The molecule has 66 valence electrons. The molecule has 0 saturated carbocycles. The third-order valence-corrected chi connectivity index (χ3v) is 1.65. The minimum Gasteiger partial charge on any atom is -0.679 e. The van der Waals surface area contributed by atoms with E-state index < -0.39 is 0 Å². The molecule has 0 aromatic rings. The summed E-state index contributed by atoms with van der Waals surface area (Å²) in [7, 11) is 0. The summed E-state index contributed by atoms with van der Waals surface area (Å²) >= 11 is -0.228. The van der Waals surface area contributed by atoms with Crippen molar-refractivity contribution in [2.45, 2.75) is 27.7 Å². The van der Waals surface area contributed by atoms with Crippen LogP contribution in [0.4, 0.5) is 0 Å². The first kappa shape index (κ1) is 11.5. The van der Waals surface area contributed by atoms with Crippen molar-refractivity contribution in [2.24, 2.45) is 11.8 Å². The molecule has 0 spiro atoms. The van der Waals surface area contributed by atoms with Gasteiger partial charge in [0.15, 0.2) is 0 Å². The highest BCUT2D eigenvalue weighted by atomic mass is 27.2. The second kappa shape index (κ2) is 7.12. The molecule has 0 unspecified atom stereocenters. The van der Waals surface area contributed by atoms with Gasteiger partial charge in [-0.25, -0.2) is 0 Å². The molecule has 0 amide bonds. The van der Waals surface area contributed by atoms with Crippen molar-refractivity contribution in [1.82, 2.24) is 0 Å². The topological polar surface area (TPSA) is 18.5 Å². The van der Waals surface area contributed by atoms with Gasteiger partial charge in [0.25, 0.3) is 0 Å². The van der Waals surface area contributed by atoms with Gasteiger partial charge in [-0.3, -0.25) is 0 Å². The zero-order valence-corrected chi connectivity index (χ0v) is 9.12. The molecular formula is C8H18AlO2-. The fraction of sp³-hybridized carbons (Fsp3) is 1.00. The zero-order chi connectivity index (χ0) is 8.69. The summed E-state index contributed by atoms with van der Waals surface area (Å²) in [5.74, 6) is 1.23. The molecule has 11 heavy (non-hydrogen) atoms. The summed E-state index contributed by atoms with van der Waals surface area (Å²) in [5, 5.41) is 0.